The topological polar surface area (TPSA) is 41.1 Å². The summed E-state index contributed by atoms with van der Waals surface area (Å²) in [5.41, 5.74) is 2.62. The van der Waals surface area contributed by atoms with Crippen molar-refractivity contribution in [3.8, 4) is 10.4 Å². The van der Waals surface area contributed by atoms with Crippen molar-refractivity contribution in [1.29, 1.82) is 0 Å². The molecule has 1 aromatic carbocycles. The Morgan fingerprint density at radius 3 is 2.48 bits per heavy atom. The van der Waals surface area contributed by atoms with Crippen LogP contribution in [0.3, 0.4) is 0 Å². The summed E-state index contributed by atoms with van der Waals surface area (Å²) in [4.78, 5) is 12.6. The van der Waals surface area contributed by atoms with E-state index in [1.165, 1.54) is 41.9 Å². The molecule has 5 rings (SSSR count). The molecule has 1 aliphatic carbocycles. The van der Waals surface area contributed by atoms with E-state index in [4.69, 9.17) is 0 Å². The molecule has 0 bridgehead atoms. The van der Waals surface area contributed by atoms with Crippen LogP contribution in [0.2, 0.25) is 0 Å². The second kappa shape index (κ2) is 7.41. The van der Waals surface area contributed by atoms with E-state index in [1.807, 2.05) is 18.6 Å². The largest absolute Gasteiger partial charge is 0.359 e. The minimum absolute atomic E-state index is 0.567. The summed E-state index contributed by atoms with van der Waals surface area (Å²) in [7, 11) is 0. The van der Waals surface area contributed by atoms with Crippen molar-refractivity contribution in [3.05, 3.63) is 66.6 Å². The fourth-order valence-electron chi connectivity index (χ4n) is 4.64. The molecule has 1 saturated carbocycles. The monoisotopic (exact) mass is 376 g/mol. The average Bonchev–Trinajstić information content (AvgIpc) is 3.39. The number of pyridine rings is 1. The summed E-state index contributed by atoms with van der Waals surface area (Å²) in [5, 5.41) is 4.77. The van der Waals surface area contributed by atoms with E-state index < -0.39 is 0 Å². The molecule has 0 radical (unpaired) electrons. The molecule has 3 atom stereocenters. The predicted molar refractivity (Wildman–Crippen MR) is 111 cm³/mol. The van der Waals surface area contributed by atoms with Gasteiger partial charge in [0.1, 0.15) is 0 Å². The molecule has 0 spiro atoms. The summed E-state index contributed by atoms with van der Waals surface area (Å²) in [6, 6.07) is 15.3. The third-order valence-corrected chi connectivity index (χ3v) is 6.85. The van der Waals surface area contributed by atoms with Gasteiger partial charge in [0.25, 0.3) is 0 Å². The van der Waals surface area contributed by atoms with E-state index in [2.05, 4.69) is 62.6 Å². The van der Waals surface area contributed by atoms with Crippen LogP contribution >= 0.6 is 11.3 Å². The lowest BCUT2D eigenvalue weighted by Gasteiger charge is -2.19. The van der Waals surface area contributed by atoms with E-state index >= 15 is 0 Å². The standard InChI is InChI=1S/C22H24N4S/c1-2-4-17(5-3-1)21-12-24-22(27-21)25-20-10-18-14-26(15-19(18)11-20)13-16-6-8-23-9-7-16/h1-9,12,18-20H,10-11,13-15H2,(H,24,25)/t18-,19+,20-. The SMILES string of the molecule is c1ccc(-c2cnc(N[C@@H]3C[C@@H]4CN(Cc5ccncc5)C[C@@H]4C3)s2)cc1. The first-order valence-corrected chi connectivity index (χ1v) is 10.5. The predicted octanol–water partition coefficient (Wildman–Crippen LogP) is 4.53. The minimum atomic E-state index is 0.567. The number of nitrogens with one attached hydrogen (secondary N) is 1. The van der Waals surface area contributed by atoms with Crippen LogP contribution in [0.25, 0.3) is 10.4 Å². The number of nitrogens with zero attached hydrogens (tertiary/aromatic N) is 3. The molecule has 0 unspecified atom stereocenters. The number of likely N-dealkylation sites (tertiary alicyclic amines) is 1. The Balaban J connectivity index is 1.16. The van der Waals surface area contributed by atoms with Crippen molar-refractivity contribution < 1.29 is 0 Å². The molecule has 0 amide bonds. The molecule has 3 heterocycles. The van der Waals surface area contributed by atoms with Crippen molar-refractivity contribution in [2.75, 3.05) is 18.4 Å². The number of anilines is 1. The van der Waals surface area contributed by atoms with E-state index in [9.17, 15) is 0 Å². The van der Waals surface area contributed by atoms with Crippen LogP contribution in [0.4, 0.5) is 5.13 Å². The summed E-state index contributed by atoms with van der Waals surface area (Å²) in [6.07, 6.45) is 8.30. The highest BCUT2D eigenvalue weighted by Crippen LogP contribution is 2.40. The normalized spacial score (nSPS) is 24.8. The highest BCUT2D eigenvalue weighted by molar-refractivity contribution is 7.18. The lowest BCUT2D eigenvalue weighted by Crippen LogP contribution is -2.24. The highest BCUT2D eigenvalue weighted by Gasteiger charge is 2.40. The number of hydrogen-bond acceptors (Lipinski definition) is 5. The molecule has 3 aromatic rings. The van der Waals surface area contributed by atoms with Gasteiger partial charge in [-0.3, -0.25) is 9.88 Å². The molecule has 4 nitrogen and oxygen atoms in total. The lowest BCUT2D eigenvalue weighted by molar-refractivity contribution is 0.301. The Morgan fingerprint density at radius 2 is 1.74 bits per heavy atom. The maximum absolute atomic E-state index is 4.61. The van der Waals surface area contributed by atoms with E-state index in [0.29, 0.717) is 6.04 Å². The van der Waals surface area contributed by atoms with Crippen molar-refractivity contribution >= 4 is 16.5 Å². The molecule has 138 valence electrons. The molecule has 5 heteroatoms. The van der Waals surface area contributed by atoms with Gasteiger partial charge < -0.3 is 5.32 Å². The van der Waals surface area contributed by atoms with Gasteiger partial charge in [0.15, 0.2) is 5.13 Å². The Kier molecular flexibility index (Phi) is 4.64. The van der Waals surface area contributed by atoms with Gasteiger partial charge in [-0.25, -0.2) is 4.98 Å². The van der Waals surface area contributed by atoms with Gasteiger partial charge in [-0.15, -0.1) is 0 Å². The van der Waals surface area contributed by atoms with Crippen LogP contribution in [-0.4, -0.2) is 34.0 Å². The first kappa shape index (κ1) is 16.9. The Hall–Kier alpha value is -2.24. The van der Waals surface area contributed by atoms with Gasteiger partial charge in [-0.1, -0.05) is 41.7 Å². The number of rotatable bonds is 5. The van der Waals surface area contributed by atoms with Crippen LogP contribution < -0.4 is 5.32 Å². The van der Waals surface area contributed by atoms with E-state index in [1.54, 1.807) is 11.3 Å². The maximum atomic E-state index is 4.61. The molecule has 1 aliphatic heterocycles. The Bertz CT molecular complexity index is 866. The molecular weight excluding hydrogens is 352 g/mol. The van der Waals surface area contributed by atoms with Crippen LogP contribution in [0.5, 0.6) is 0 Å². The van der Waals surface area contributed by atoms with Crippen molar-refractivity contribution in [2.45, 2.75) is 25.4 Å². The molecular formula is C22H24N4S. The van der Waals surface area contributed by atoms with Crippen molar-refractivity contribution in [2.24, 2.45) is 11.8 Å². The number of thiazole rings is 1. The van der Waals surface area contributed by atoms with Gasteiger partial charge >= 0.3 is 0 Å². The number of hydrogen-bond donors (Lipinski definition) is 1. The van der Waals surface area contributed by atoms with Gasteiger partial charge in [0.2, 0.25) is 0 Å². The van der Waals surface area contributed by atoms with E-state index in [0.717, 1.165) is 23.5 Å². The summed E-state index contributed by atoms with van der Waals surface area (Å²) in [5.74, 6) is 1.63. The van der Waals surface area contributed by atoms with E-state index in [-0.39, 0.29) is 0 Å². The van der Waals surface area contributed by atoms with Gasteiger partial charge in [-0.2, -0.15) is 0 Å². The number of fused-ring (bicyclic) bond motifs is 1. The smallest absolute Gasteiger partial charge is 0.183 e. The summed E-state index contributed by atoms with van der Waals surface area (Å²) >= 11 is 1.76. The zero-order valence-corrected chi connectivity index (χ0v) is 16.1. The van der Waals surface area contributed by atoms with Crippen molar-refractivity contribution in [3.63, 3.8) is 0 Å². The molecule has 27 heavy (non-hydrogen) atoms. The quantitative estimate of drug-likeness (QED) is 0.710. The van der Waals surface area contributed by atoms with Crippen LogP contribution in [0.1, 0.15) is 18.4 Å². The van der Waals surface area contributed by atoms with Gasteiger partial charge in [0.05, 0.1) is 4.88 Å². The first-order chi connectivity index (χ1) is 13.3. The summed E-state index contributed by atoms with van der Waals surface area (Å²) in [6.45, 7) is 3.50. The van der Waals surface area contributed by atoms with Gasteiger partial charge in [0, 0.05) is 44.3 Å². The fourth-order valence-corrected chi connectivity index (χ4v) is 5.54. The third-order valence-electron chi connectivity index (χ3n) is 5.87. The third kappa shape index (κ3) is 3.75. The first-order valence-electron chi connectivity index (χ1n) is 9.72. The zero-order chi connectivity index (χ0) is 18.1. The molecule has 2 fully saturated rings. The second-order valence-electron chi connectivity index (χ2n) is 7.78. The number of aromatic nitrogens is 2. The fraction of sp³-hybridized carbons (Fsp3) is 0.364. The molecule has 2 aliphatic rings. The summed E-state index contributed by atoms with van der Waals surface area (Å²) < 4.78 is 0. The highest BCUT2D eigenvalue weighted by atomic mass is 32.1. The van der Waals surface area contributed by atoms with Crippen LogP contribution in [0.15, 0.2) is 61.1 Å². The minimum Gasteiger partial charge on any atom is -0.359 e. The molecule has 1 saturated heterocycles. The Morgan fingerprint density at radius 1 is 1.00 bits per heavy atom. The Labute approximate surface area is 164 Å². The molecule has 1 N–H and O–H groups in total. The molecule has 2 aromatic heterocycles. The van der Waals surface area contributed by atoms with Crippen molar-refractivity contribution in [1.82, 2.24) is 14.9 Å². The maximum Gasteiger partial charge on any atom is 0.183 e. The van der Waals surface area contributed by atoms with Crippen LogP contribution in [-0.2, 0) is 6.54 Å². The number of benzene rings is 1. The zero-order valence-electron chi connectivity index (χ0n) is 15.3. The van der Waals surface area contributed by atoms with Crippen LogP contribution in [0, 0.1) is 11.8 Å². The lowest BCUT2D eigenvalue weighted by atomic mass is 10.0. The average molecular weight is 377 g/mol. The second-order valence-corrected chi connectivity index (χ2v) is 8.81. The van der Waals surface area contributed by atoms with Gasteiger partial charge in [-0.05, 0) is 47.9 Å².